The van der Waals surface area contributed by atoms with E-state index in [1.54, 1.807) is 6.07 Å². The summed E-state index contributed by atoms with van der Waals surface area (Å²) in [6.07, 6.45) is 0. The second-order valence-electron chi connectivity index (χ2n) is 3.22. The van der Waals surface area contributed by atoms with E-state index >= 15 is 0 Å². The molecule has 16 heavy (non-hydrogen) atoms. The molecule has 1 aromatic rings. The van der Waals surface area contributed by atoms with Crippen molar-refractivity contribution < 1.29 is 13.6 Å². The highest BCUT2D eigenvalue weighted by Gasteiger charge is 2.16. The van der Waals surface area contributed by atoms with Crippen LogP contribution in [0.2, 0.25) is 0 Å². The van der Waals surface area contributed by atoms with Crippen LogP contribution in [0.25, 0.3) is 0 Å². The fraction of sp³-hybridized carbons (Fsp3) is 0.200. The summed E-state index contributed by atoms with van der Waals surface area (Å²) >= 11 is 0. The molecule has 0 aliphatic heterocycles. The minimum Gasteiger partial charge on any atom is -0.368 e. The molecule has 84 valence electrons. The second kappa shape index (κ2) is 4.57. The summed E-state index contributed by atoms with van der Waals surface area (Å²) in [6, 6.07) is 3.42. The first kappa shape index (κ1) is 11.9. The molecule has 0 bridgehead atoms. The van der Waals surface area contributed by atoms with Crippen LogP contribution in [0.3, 0.4) is 0 Å². The molecule has 4 nitrogen and oxygen atoms in total. The molecule has 0 radical (unpaired) electrons. The number of hydrogen-bond acceptors (Lipinski definition) is 3. The van der Waals surface area contributed by atoms with E-state index in [1.807, 2.05) is 0 Å². The summed E-state index contributed by atoms with van der Waals surface area (Å²) in [5.41, 5.74) is 4.41. The van der Waals surface area contributed by atoms with E-state index in [1.165, 1.54) is 7.05 Å². The molecule has 2 N–H and O–H groups in total. The van der Waals surface area contributed by atoms with Crippen molar-refractivity contribution in [3.63, 3.8) is 0 Å². The van der Waals surface area contributed by atoms with Crippen LogP contribution in [0.15, 0.2) is 12.1 Å². The summed E-state index contributed by atoms with van der Waals surface area (Å²) < 4.78 is 26.8. The number of nitrogens with two attached hydrogens (primary N) is 1. The zero-order valence-corrected chi connectivity index (χ0v) is 8.50. The summed E-state index contributed by atoms with van der Waals surface area (Å²) in [5.74, 6) is -2.51. The van der Waals surface area contributed by atoms with Gasteiger partial charge in [-0.3, -0.25) is 4.79 Å². The van der Waals surface area contributed by atoms with E-state index in [4.69, 9.17) is 11.0 Å². The van der Waals surface area contributed by atoms with Gasteiger partial charge in [-0.2, -0.15) is 5.26 Å². The average Bonchev–Trinajstić information content (AvgIpc) is 2.15. The minimum absolute atomic E-state index is 0.119. The number of rotatable bonds is 3. The molecule has 0 saturated heterocycles. The van der Waals surface area contributed by atoms with E-state index in [0.717, 1.165) is 17.0 Å². The van der Waals surface area contributed by atoms with E-state index < -0.39 is 17.5 Å². The van der Waals surface area contributed by atoms with Crippen LogP contribution >= 0.6 is 0 Å². The molecular formula is C10H9F2N3O. The third kappa shape index (κ3) is 2.45. The zero-order chi connectivity index (χ0) is 12.3. The quantitative estimate of drug-likeness (QED) is 0.825. The first-order valence-corrected chi connectivity index (χ1v) is 4.34. The van der Waals surface area contributed by atoms with Gasteiger partial charge in [-0.05, 0) is 12.1 Å². The summed E-state index contributed by atoms with van der Waals surface area (Å²) in [7, 11) is 1.33. The Balaban J connectivity index is 3.15. The van der Waals surface area contributed by atoms with Gasteiger partial charge in [0, 0.05) is 7.05 Å². The molecular weight excluding hydrogens is 216 g/mol. The maximum absolute atomic E-state index is 13.4. The van der Waals surface area contributed by atoms with E-state index in [0.29, 0.717) is 0 Å². The van der Waals surface area contributed by atoms with Crippen molar-refractivity contribution in [1.29, 1.82) is 5.26 Å². The number of amides is 1. The highest BCUT2D eigenvalue weighted by atomic mass is 19.1. The van der Waals surface area contributed by atoms with Crippen molar-refractivity contribution in [1.82, 2.24) is 0 Å². The Kier molecular flexibility index (Phi) is 3.40. The van der Waals surface area contributed by atoms with E-state index in [2.05, 4.69) is 0 Å². The van der Waals surface area contributed by atoms with Crippen molar-refractivity contribution >= 4 is 11.6 Å². The number of anilines is 1. The van der Waals surface area contributed by atoms with Gasteiger partial charge in [0.15, 0.2) is 11.6 Å². The molecule has 6 heteroatoms. The number of halogens is 2. The lowest BCUT2D eigenvalue weighted by molar-refractivity contribution is -0.116. The molecule has 0 aliphatic carbocycles. The largest absolute Gasteiger partial charge is 0.368 e. The number of hydrogen-bond donors (Lipinski definition) is 1. The minimum atomic E-state index is -0.903. The summed E-state index contributed by atoms with van der Waals surface area (Å²) in [6.45, 7) is -0.306. The monoisotopic (exact) mass is 225 g/mol. The van der Waals surface area contributed by atoms with Crippen molar-refractivity contribution in [2.45, 2.75) is 0 Å². The first-order chi connectivity index (χ1) is 7.45. The summed E-state index contributed by atoms with van der Waals surface area (Å²) in [5, 5.41) is 8.49. The van der Waals surface area contributed by atoms with Gasteiger partial charge >= 0.3 is 0 Å². The van der Waals surface area contributed by atoms with Crippen molar-refractivity contribution in [2.75, 3.05) is 18.5 Å². The Bertz CT molecular complexity index is 445. The third-order valence-electron chi connectivity index (χ3n) is 1.92. The molecule has 0 fully saturated rings. The Hall–Kier alpha value is -2.16. The molecule has 0 atom stereocenters. The highest BCUT2D eigenvalue weighted by molar-refractivity contribution is 5.79. The zero-order valence-electron chi connectivity index (χ0n) is 8.50. The molecule has 0 aromatic heterocycles. The molecule has 1 rings (SSSR count). The van der Waals surface area contributed by atoms with E-state index in [9.17, 15) is 13.6 Å². The molecule has 0 heterocycles. The topological polar surface area (TPSA) is 70.1 Å². The lowest BCUT2D eigenvalue weighted by Crippen LogP contribution is -2.31. The van der Waals surface area contributed by atoms with Crippen LogP contribution < -0.4 is 10.6 Å². The van der Waals surface area contributed by atoms with Gasteiger partial charge in [0.1, 0.15) is 5.69 Å². The number of carbonyl (C=O) groups excluding carboxylic acids is 1. The van der Waals surface area contributed by atoms with Crippen LogP contribution in [-0.2, 0) is 4.79 Å². The SMILES string of the molecule is CN(CC(N)=O)c1c(F)cc(C#N)cc1F. The number of nitrogens with zero attached hydrogens (tertiary/aromatic N) is 2. The van der Waals surface area contributed by atoms with Crippen molar-refractivity contribution in [2.24, 2.45) is 5.73 Å². The van der Waals surface area contributed by atoms with Gasteiger partial charge in [-0.25, -0.2) is 8.78 Å². The Morgan fingerprint density at radius 1 is 1.50 bits per heavy atom. The molecule has 0 saturated carbocycles. The van der Waals surface area contributed by atoms with Crippen molar-refractivity contribution in [3.8, 4) is 6.07 Å². The first-order valence-electron chi connectivity index (χ1n) is 4.34. The van der Waals surface area contributed by atoms with E-state index in [-0.39, 0.29) is 17.8 Å². The number of likely N-dealkylation sites (N-methyl/N-ethyl adjacent to an activating group) is 1. The number of carbonyl (C=O) groups is 1. The van der Waals surface area contributed by atoms with Crippen LogP contribution in [0.5, 0.6) is 0 Å². The molecule has 0 aliphatic rings. The van der Waals surface area contributed by atoms with Gasteiger partial charge in [-0.1, -0.05) is 0 Å². The predicted molar refractivity (Wildman–Crippen MR) is 53.5 cm³/mol. The second-order valence-corrected chi connectivity index (χ2v) is 3.22. The number of benzene rings is 1. The van der Waals surface area contributed by atoms with Crippen LogP contribution in [0.4, 0.5) is 14.5 Å². The van der Waals surface area contributed by atoms with Gasteiger partial charge in [0.25, 0.3) is 0 Å². The Labute approximate surface area is 90.9 Å². The van der Waals surface area contributed by atoms with Gasteiger partial charge in [0.2, 0.25) is 5.91 Å². The van der Waals surface area contributed by atoms with Gasteiger partial charge < -0.3 is 10.6 Å². The van der Waals surface area contributed by atoms with Crippen LogP contribution in [-0.4, -0.2) is 19.5 Å². The predicted octanol–water partition coefficient (Wildman–Crippen LogP) is 0.758. The maximum Gasteiger partial charge on any atom is 0.236 e. The fourth-order valence-corrected chi connectivity index (χ4v) is 1.31. The molecule has 0 unspecified atom stereocenters. The van der Waals surface area contributed by atoms with Crippen LogP contribution in [0.1, 0.15) is 5.56 Å². The standard InChI is InChI=1S/C10H9F2N3O/c1-15(5-9(14)16)10-7(11)2-6(4-13)3-8(10)12/h2-3H,5H2,1H3,(H2,14,16). The summed E-state index contributed by atoms with van der Waals surface area (Å²) in [4.78, 5) is 11.7. The van der Waals surface area contributed by atoms with Crippen LogP contribution in [0, 0.1) is 23.0 Å². The third-order valence-corrected chi connectivity index (χ3v) is 1.92. The maximum atomic E-state index is 13.4. The highest BCUT2D eigenvalue weighted by Crippen LogP contribution is 2.23. The number of primary amides is 1. The van der Waals surface area contributed by atoms with Gasteiger partial charge in [0.05, 0.1) is 18.2 Å². The normalized spacial score (nSPS) is 9.62. The number of nitriles is 1. The van der Waals surface area contributed by atoms with Crippen molar-refractivity contribution in [3.05, 3.63) is 29.3 Å². The Morgan fingerprint density at radius 2 is 2.00 bits per heavy atom. The lowest BCUT2D eigenvalue weighted by atomic mass is 10.2. The fourth-order valence-electron chi connectivity index (χ4n) is 1.31. The Morgan fingerprint density at radius 3 is 2.38 bits per heavy atom. The lowest BCUT2D eigenvalue weighted by Gasteiger charge is -2.18. The molecule has 0 spiro atoms. The molecule has 1 aromatic carbocycles. The average molecular weight is 225 g/mol. The van der Waals surface area contributed by atoms with Gasteiger partial charge in [-0.15, -0.1) is 0 Å². The molecule has 1 amide bonds. The smallest absolute Gasteiger partial charge is 0.236 e.